The van der Waals surface area contributed by atoms with Crippen molar-refractivity contribution in [1.82, 2.24) is 14.7 Å². The van der Waals surface area contributed by atoms with Gasteiger partial charge in [0.2, 0.25) is 0 Å². The van der Waals surface area contributed by atoms with Gasteiger partial charge in [-0.15, -0.1) is 0 Å². The Morgan fingerprint density at radius 1 is 1.60 bits per heavy atom. The van der Waals surface area contributed by atoms with E-state index in [1.54, 1.807) is 4.68 Å². The predicted molar refractivity (Wildman–Crippen MR) is 59.2 cm³/mol. The first-order valence-electron chi connectivity index (χ1n) is 5.29. The summed E-state index contributed by atoms with van der Waals surface area (Å²) in [5.74, 6) is 0.0649. The number of likely N-dealkylation sites (N-methyl/N-ethyl adjacent to an activating group) is 1. The SMILES string of the molecule is CN1CCCCC1Cn1ncc(O)c1Cl. The third-order valence-corrected chi connectivity index (χ3v) is 3.45. The lowest BCUT2D eigenvalue weighted by Crippen LogP contribution is -2.39. The van der Waals surface area contributed by atoms with Crippen LogP contribution in [0.25, 0.3) is 0 Å². The van der Waals surface area contributed by atoms with E-state index in [1.165, 1.54) is 25.5 Å². The summed E-state index contributed by atoms with van der Waals surface area (Å²) in [5.41, 5.74) is 0. The minimum atomic E-state index is 0.0649. The molecule has 0 aliphatic carbocycles. The second kappa shape index (κ2) is 4.41. The van der Waals surface area contributed by atoms with E-state index in [1.807, 2.05) is 0 Å². The van der Waals surface area contributed by atoms with Gasteiger partial charge in [0.15, 0.2) is 10.9 Å². The fraction of sp³-hybridized carbons (Fsp3) is 0.700. The van der Waals surface area contributed by atoms with Crippen molar-refractivity contribution in [3.05, 3.63) is 11.3 Å². The van der Waals surface area contributed by atoms with Crippen molar-refractivity contribution in [2.45, 2.75) is 31.8 Å². The highest BCUT2D eigenvalue weighted by atomic mass is 35.5. The number of nitrogens with zero attached hydrogens (tertiary/aromatic N) is 3. The molecule has 0 saturated carbocycles. The first-order chi connectivity index (χ1) is 7.18. The predicted octanol–water partition coefficient (Wildman–Crippen LogP) is 1.73. The molecule has 1 unspecified atom stereocenters. The Morgan fingerprint density at radius 2 is 2.40 bits per heavy atom. The van der Waals surface area contributed by atoms with Crippen LogP contribution >= 0.6 is 11.6 Å². The lowest BCUT2D eigenvalue weighted by atomic mass is 10.0. The van der Waals surface area contributed by atoms with E-state index >= 15 is 0 Å². The number of piperidine rings is 1. The fourth-order valence-corrected chi connectivity index (χ4v) is 2.22. The summed E-state index contributed by atoms with van der Waals surface area (Å²) in [6, 6.07) is 0.482. The van der Waals surface area contributed by atoms with E-state index in [2.05, 4.69) is 17.0 Å². The Kier molecular flexibility index (Phi) is 3.17. The molecule has 1 atom stereocenters. The molecule has 84 valence electrons. The zero-order chi connectivity index (χ0) is 10.8. The molecule has 1 fully saturated rings. The molecule has 1 N–H and O–H groups in total. The maximum absolute atomic E-state index is 9.31. The quantitative estimate of drug-likeness (QED) is 0.840. The van der Waals surface area contributed by atoms with Crippen LogP contribution < -0.4 is 0 Å². The number of likely N-dealkylation sites (tertiary alicyclic amines) is 1. The molecule has 15 heavy (non-hydrogen) atoms. The molecular formula is C10H16ClN3O. The highest BCUT2D eigenvalue weighted by Crippen LogP contribution is 2.24. The number of aromatic hydroxyl groups is 1. The van der Waals surface area contributed by atoms with Crippen LogP contribution in [-0.4, -0.2) is 39.4 Å². The summed E-state index contributed by atoms with van der Waals surface area (Å²) in [6.07, 6.45) is 5.10. The molecule has 1 aliphatic rings. The highest BCUT2D eigenvalue weighted by Gasteiger charge is 2.20. The number of rotatable bonds is 2. The largest absolute Gasteiger partial charge is 0.504 e. The molecule has 0 aromatic carbocycles. The van der Waals surface area contributed by atoms with Crippen LogP contribution in [0, 0.1) is 0 Å². The summed E-state index contributed by atoms with van der Waals surface area (Å²) in [6.45, 7) is 1.89. The molecule has 0 spiro atoms. The molecule has 0 bridgehead atoms. The van der Waals surface area contributed by atoms with Crippen LogP contribution in [0.1, 0.15) is 19.3 Å². The Morgan fingerprint density at radius 3 is 3.00 bits per heavy atom. The van der Waals surface area contributed by atoms with Gasteiger partial charge in [0.05, 0.1) is 12.7 Å². The smallest absolute Gasteiger partial charge is 0.172 e. The molecule has 1 aromatic heterocycles. The van der Waals surface area contributed by atoms with Crippen molar-refractivity contribution in [2.75, 3.05) is 13.6 Å². The van der Waals surface area contributed by atoms with E-state index in [9.17, 15) is 5.11 Å². The summed E-state index contributed by atoms with van der Waals surface area (Å²) < 4.78 is 1.67. The van der Waals surface area contributed by atoms with Gasteiger partial charge in [-0.25, -0.2) is 4.68 Å². The molecule has 1 aromatic rings. The van der Waals surface area contributed by atoms with Crippen molar-refractivity contribution in [3.63, 3.8) is 0 Å². The monoisotopic (exact) mass is 229 g/mol. The van der Waals surface area contributed by atoms with Gasteiger partial charge in [0.25, 0.3) is 0 Å². The van der Waals surface area contributed by atoms with Gasteiger partial charge < -0.3 is 10.0 Å². The van der Waals surface area contributed by atoms with Crippen molar-refractivity contribution < 1.29 is 5.11 Å². The van der Waals surface area contributed by atoms with E-state index < -0.39 is 0 Å². The molecule has 1 saturated heterocycles. The van der Waals surface area contributed by atoms with Crippen molar-refractivity contribution in [1.29, 1.82) is 0 Å². The summed E-state index contributed by atoms with van der Waals surface area (Å²) >= 11 is 5.91. The molecule has 0 amide bonds. The number of hydrogen-bond acceptors (Lipinski definition) is 3. The van der Waals surface area contributed by atoms with Gasteiger partial charge in [0.1, 0.15) is 0 Å². The Labute approximate surface area is 94.4 Å². The summed E-state index contributed by atoms with van der Waals surface area (Å²) in [5, 5.41) is 13.7. The Hall–Kier alpha value is -0.740. The first-order valence-corrected chi connectivity index (χ1v) is 5.67. The minimum absolute atomic E-state index is 0.0649. The molecule has 2 heterocycles. The van der Waals surface area contributed by atoms with E-state index in [0.29, 0.717) is 11.2 Å². The summed E-state index contributed by atoms with van der Waals surface area (Å²) in [7, 11) is 2.13. The van der Waals surface area contributed by atoms with Crippen molar-refractivity contribution in [3.8, 4) is 5.75 Å². The lowest BCUT2D eigenvalue weighted by Gasteiger charge is -2.32. The molecule has 0 radical (unpaired) electrons. The normalized spacial score (nSPS) is 23.2. The van der Waals surface area contributed by atoms with Gasteiger partial charge >= 0.3 is 0 Å². The average molecular weight is 230 g/mol. The maximum Gasteiger partial charge on any atom is 0.172 e. The van der Waals surface area contributed by atoms with Crippen LogP contribution in [0.2, 0.25) is 5.15 Å². The van der Waals surface area contributed by atoms with E-state index in [-0.39, 0.29) is 5.75 Å². The number of aromatic nitrogens is 2. The van der Waals surface area contributed by atoms with Crippen molar-refractivity contribution >= 4 is 11.6 Å². The molecule has 5 heteroatoms. The standard InChI is InChI=1S/C10H16ClN3O/c1-13-5-3-2-4-8(13)7-14-10(11)9(15)6-12-14/h6,8,15H,2-5,7H2,1H3. The Balaban J connectivity index is 2.04. The second-order valence-electron chi connectivity index (χ2n) is 4.13. The first kappa shape index (κ1) is 10.8. The van der Waals surface area contributed by atoms with Crippen LogP contribution in [0.3, 0.4) is 0 Å². The summed E-state index contributed by atoms with van der Waals surface area (Å²) in [4.78, 5) is 2.33. The van der Waals surface area contributed by atoms with E-state index in [0.717, 1.165) is 13.1 Å². The highest BCUT2D eigenvalue weighted by molar-refractivity contribution is 6.30. The Bertz CT molecular complexity index is 339. The average Bonchev–Trinajstić information content (AvgIpc) is 2.53. The lowest BCUT2D eigenvalue weighted by molar-refractivity contribution is 0.163. The van der Waals surface area contributed by atoms with Gasteiger partial charge in [-0.05, 0) is 26.4 Å². The minimum Gasteiger partial charge on any atom is -0.504 e. The second-order valence-corrected chi connectivity index (χ2v) is 4.49. The van der Waals surface area contributed by atoms with Gasteiger partial charge in [-0.2, -0.15) is 5.10 Å². The zero-order valence-electron chi connectivity index (χ0n) is 8.86. The number of hydrogen-bond donors (Lipinski definition) is 1. The fourth-order valence-electron chi connectivity index (χ4n) is 2.06. The molecule has 4 nitrogen and oxygen atoms in total. The topological polar surface area (TPSA) is 41.3 Å². The maximum atomic E-state index is 9.31. The molecule has 1 aliphatic heterocycles. The third kappa shape index (κ3) is 2.26. The van der Waals surface area contributed by atoms with Crippen LogP contribution in [-0.2, 0) is 6.54 Å². The van der Waals surface area contributed by atoms with Crippen LogP contribution in [0.5, 0.6) is 5.75 Å². The zero-order valence-corrected chi connectivity index (χ0v) is 9.61. The third-order valence-electron chi connectivity index (χ3n) is 3.06. The molecular weight excluding hydrogens is 214 g/mol. The van der Waals surface area contributed by atoms with Gasteiger partial charge in [-0.3, -0.25) is 0 Å². The van der Waals surface area contributed by atoms with Crippen molar-refractivity contribution in [2.24, 2.45) is 0 Å². The van der Waals surface area contributed by atoms with Crippen LogP contribution in [0.15, 0.2) is 6.20 Å². The van der Waals surface area contributed by atoms with E-state index in [4.69, 9.17) is 11.6 Å². The van der Waals surface area contributed by atoms with Crippen LogP contribution in [0.4, 0.5) is 0 Å². The number of halogens is 1. The van der Waals surface area contributed by atoms with Gasteiger partial charge in [-0.1, -0.05) is 18.0 Å². The molecule has 2 rings (SSSR count). The van der Waals surface area contributed by atoms with Gasteiger partial charge in [0, 0.05) is 6.04 Å².